The molecule has 4 rings (SSSR count). The molecule has 0 bridgehead atoms. The highest BCUT2D eigenvalue weighted by Crippen LogP contribution is 2.46. The standard InChI is InChI=1S/C43H60N2O10/c1-30(18-21-46)54-25-20-45-42(50)11-6-9-32-13-15-34-33-14-12-31(8-5-10-41(49)44-19-3-4-23-53-24-7-22-52-2)26-35(33)38(36(34)27-32)29-55-43(51)28-37-39(47)16-17-40(37)48/h12-15,26-27,30,37-38,46H,3-11,16-25,28-29H2,1-2H3,(H,44,49)(H,45,50). The van der Waals surface area contributed by atoms with Crippen LogP contribution in [0, 0.1) is 5.92 Å². The fourth-order valence-electron chi connectivity index (χ4n) is 7.12. The Morgan fingerprint density at radius 1 is 0.764 bits per heavy atom. The summed E-state index contributed by atoms with van der Waals surface area (Å²) >= 11 is 0. The Morgan fingerprint density at radius 3 is 1.96 bits per heavy atom. The molecular weight excluding hydrogens is 704 g/mol. The average molecular weight is 765 g/mol. The van der Waals surface area contributed by atoms with Gasteiger partial charge in [-0.05, 0) is 91.7 Å². The number of aliphatic hydroxyl groups excluding tert-OH is 1. The van der Waals surface area contributed by atoms with Gasteiger partial charge in [-0.3, -0.25) is 24.0 Å². The maximum Gasteiger partial charge on any atom is 0.307 e. The molecule has 302 valence electrons. The molecule has 2 amide bonds. The van der Waals surface area contributed by atoms with Crippen molar-refractivity contribution in [2.75, 3.05) is 59.8 Å². The number of methoxy groups -OCH3 is 1. The summed E-state index contributed by atoms with van der Waals surface area (Å²) < 4.78 is 21.9. The fraction of sp³-hybridized carbons (Fsp3) is 0.605. The van der Waals surface area contributed by atoms with Crippen LogP contribution in [0.2, 0.25) is 0 Å². The molecule has 2 atom stereocenters. The Balaban J connectivity index is 1.32. The largest absolute Gasteiger partial charge is 0.465 e. The van der Waals surface area contributed by atoms with E-state index < -0.39 is 11.9 Å². The Kier molecular flexibility index (Phi) is 19.0. The van der Waals surface area contributed by atoms with E-state index in [-0.39, 0.29) is 67.9 Å². The highest BCUT2D eigenvalue weighted by Gasteiger charge is 2.36. The molecule has 3 N–H and O–H groups in total. The number of nitrogens with one attached hydrogen (secondary N) is 2. The third kappa shape index (κ3) is 14.6. The Morgan fingerprint density at radius 2 is 1.36 bits per heavy atom. The van der Waals surface area contributed by atoms with Gasteiger partial charge >= 0.3 is 5.97 Å². The van der Waals surface area contributed by atoms with Gasteiger partial charge < -0.3 is 34.7 Å². The van der Waals surface area contributed by atoms with E-state index in [4.69, 9.17) is 24.1 Å². The van der Waals surface area contributed by atoms with E-state index >= 15 is 0 Å². The number of ketones is 2. The minimum Gasteiger partial charge on any atom is -0.465 e. The third-order valence-electron chi connectivity index (χ3n) is 10.2. The minimum absolute atomic E-state index is 0.0292. The van der Waals surface area contributed by atoms with Crippen LogP contribution in [0.1, 0.15) is 106 Å². The topological polar surface area (TPSA) is 167 Å². The summed E-state index contributed by atoms with van der Waals surface area (Å²) in [6.45, 7) is 5.50. The van der Waals surface area contributed by atoms with Gasteiger partial charge in [0, 0.05) is 78.2 Å². The van der Waals surface area contributed by atoms with Crippen molar-refractivity contribution < 1.29 is 48.0 Å². The highest BCUT2D eigenvalue weighted by atomic mass is 16.5. The van der Waals surface area contributed by atoms with Gasteiger partial charge in [0.15, 0.2) is 0 Å². The monoisotopic (exact) mass is 764 g/mol. The smallest absolute Gasteiger partial charge is 0.307 e. The third-order valence-corrected chi connectivity index (χ3v) is 10.2. The molecule has 0 saturated heterocycles. The molecule has 12 nitrogen and oxygen atoms in total. The van der Waals surface area contributed by atoms with Crippen molar-refractivity contribution in [3.05, 3.63) is 58.7 Å². The van der Waals surface area contributed by atoms with Gasteiger partial charge in [-0.2, -0.15) is 0 Å². The number of ether oxygens (including phenoxy) is 4. The first-order chi connectivity index (χ1) is 26.7. The van der Waals surface area contributed by atoms with E-state index in [1.165, 1.54) is 0 Å². The Bertz CT molecular complexity index is 1560. The molecule has 2 aromatic rings. The number of hydrogen-bond donors (Lipinski definition) is 3. The molecule has 0 spiro atoms. The number of esters is 1. The molecule has 55 heavy (non-hydrogen) atoms. The first kappa shape index (κ1) is 43.8. The lowest BCUT2D eigenvalue weighted by molar-refractivity contribution is -0.148. The normalized spacial score (nSPS) is 15.5. The van der Waals surface area contributed by atoms with E-state index in [0.717, 1.165) is 52.6 Å². The molecule has 0 aliphatic heterocycles. The molecule has 0 heterocycles. The molecule has 2 aliphatic rings. The lowest BCUT2D eigenvalue weighted by Crippen LogP contribution is -2.28. The van der Waals surface area contributed by atoms with Crippen LogP contribution in [0.15, 0.2) is 36.4 Å². The SMILES string of the molecule is COCCCOCCCCNC(=O)CCCc1ccc2c(c1)C(COC(=O)CC1C(=O)CCC1=O)c1cc(CCCC(=O)NCCOC(C)CCO)ccc1-2. The summed E-state index contributed by atoms with van der Waals surface area (Å²) in [5.74, 6) is -2.12. The molecule has 1 saturated carbocycles. The number of carbonyl (C=O) groups is 5. The van der Waals surface area contributed by atoms with E-state index in [9.17, 15) is 24.0 Å². The van der Waals surface area contributed by atoms with Crippen molar-refractivity contribution in [3.63, 3.8) is 0 Å². The van der Waals surface area contributed by atoms with Gasteiger partial charge in [0.1, 0.15) is 18.2 Å². The zero-order valence-corrected chi connectivity index (χ0v) is 32.7. The number of amides is 2. The zero-order chi connectivity index (χ0) is 39.4. The van der Waals surface area contributed by atoms with Crippen LogP contribution < -0.4 is 10.6 Å². The van der Waals surface area contributed by atoms with Crippen molar-refractivity contribution in [1.82, 2.24) is 10.6 Å². The number of benzene rings is 2. The van der Waals surface area contributed by atoms with E-state index in [1.807, 2.05) is 6.92 Å². The molecule has 1 fully saturated rings. The second-order valence-electron chi connectivity index (χ2n) is 14.5. The molecule has 2 aromatic carbocycles. The van der Waals surface area contributed by atoms with Crippen molar-refractivity contribution in [2.45, 2.75) is 102 Å². The second-order valence-corrected chi connectivity index (χ2v) is 14.5. The molecule has 2 unspecified atom stereocenters. The van der Waals surface area contributed by atoms with Gasteiger partial charge in [0.05, 0.1) is 25.0 Å². The molecule has 12 heteroatoms. The van der Waals surface area contributed by atoms with Gasteiger partial charge in [-0.1, -0.05) is 36.4 Å². The van der Waals surface area contributed by atoms with Gasteiger partial charge in [0.2, 0.25) is 11.8 Å². The van der Waals surface area contributed by atoms with Gasteiger partial charge in [-0.25, -0.2) is 0 Å². The van der Waals surface area contributed by atoms with E-state index in [0.29, 0.717) is 84.5 Å². The first-order valence-corrected chi connectivity index (χ1v) is 20.0. The average Bonchev–Trinajstić information content (AvgIpc) is 3.65. The summed E-state index contributed by atoms with van der Waals surface area (Å²) in [4.78, 5) is 62.2. The first-order valence-electron chi connectivity index (χ1n) is 20.0. The predicted molar refractivity (Wildman–Crippen MR) is 208 cm³/mol. The van der Waals surface area contributed by atoms with Crippen molar-refractivity contribution in [3.8, 4) is 11.1 Å². The van der Waals surface area contributed by atoms with Crippen molar-refractivity contribution >= 4 is 29.4 Å². The van der Waals surface area contributed by atoms with Crippen LogP contribution in [-0.4, -0.2) is 100 Å². The van der Waals surface area contributed by atoms with Crippen LogP contribution in [0.3, 0.4) is 0 Å². The number of aryl methyl sites for hydroxylation is 2. The van der Waals surface area contributed by atoms with Crippen LogP contribution in [0.4, 0.5) is 0 Å². The van der Waals surface area contributed by atoms with Gasteiger partial charge in [-0.15, -0.1) is 0 Å². The molecule has 0 aromatic heterocycles. The lowest BCUT2D eigenvalue weighted by atomic mass is 9.94. The van der Waals surface area contributed by atoms with Crippen molar-refractivity contribution in [2.24, 2.45) is 5.92 Å². The predicted octanol–water partition coefficient (Wildman–Crippen LogP) is 4.78. The maximum absolute atomic E-state index is 12.9. The van der Waals surface area contributed by atoms with E-state index in [1.54, 1.807) is 7.11 Å². The Hall–Kier alpha value is -3.97. The summed E-state index contributed by atoms with van der Waals surface area (Å²) in [6, 6.07) is 12.6. The van der Waals surface area contributed by atoms with Crippen LogP contribution in [0.25, 0.3) is 11.1 Å². The second kappa shape index (κ2) is 23.8. The van der Waals surface area contributed by atoms with Crippen LogP contribution >= 0.6 is 0 Å². The molecule has 2 aliphatic carbocycles. The van der Waals surface area contributed by atoms with Crippen LogP contribution in [0.5, 0.6) is 0 Å². The minimum atomic E-state index is -0.907. The molecular formula is C43H60N2O10. The fourth-order valence-corrected chi connectivity index (χ4v) is 7.12. The summed E-state index contributed by atoms with van der Waals surface area (Å²) in [7, 11) is 1.68. The van der Waals surface area contributed by atoms with E-state index in [2.05, 4.69) is 47.0 Å². The van der Waals surface area contributed by atoms with Gasteiger partial charge in [0.25, 0.3) is 0 Å². The summed E-state index contributed by atoms with van der Waals surface area (Å²) in [6.07, 6.45) is 6.79. The number of rotatable bonds is 27. The number of Topliss-reactive ketones (excluding diaryl/α,β-unsaturated/α-hetero) is 2. The lowest BCUT2D eigenvalue weighted by Gasteiger charge is -2.16. The number of carbonyl (C=O) groups excluding carboxylic acids is 5. The quantitative estimate of drug-likeness (QED) is 0.0655. The van der Waals surface area contributed by atoms with Crippen molar-refractivity contribution in [1.29, 1.82) is 0 Å². The summed E-state index contributed by atoms with van der Waals surface area (Å²) in [5.41, 5.74) is 6.34. The number of fused-ring (bicyclic) bond motifs is 3. The number of unbranched alkanes of at least 4 members (excludes halogenated alkanes) is 1. The maximum atomic E-state index is 12.9. The van der Waals surface area contributed by atoms with Crippen LogP contribution in [-0.2, 0) is 55.8 Å². The zero-order valence-electron chi connectivity index (χ0n) is 32.7. The number of aliphatic hydroxyl groups is 1. The number of hydrogen-bond acceptors (Lipinski definition) is 10. The highest BCUT2D eigenvalue weighted by molar-refractivity contribution is 6.10. The molecule has 0 radical (unpaired) electrons. The summed E-state index contributed by atoms with van der Waals surface area (Å²) in [5, 5.41) is 14.9. The Labute approximate surface area is 325 Å².